The van der Waals surface area contributed by atoms with Gasteiger partial charge in [0.05, 0.1) is 0 Å². The van der Waals surface area contributed by atoms with E-state index in [2.05, 4.69) is 95.4 Å². The van der Waals surface area contributed by atoms with E-state index in [0.29, 0.717) is 0 Å². The van der Waals surface area contributed by atoms with Gasteiger partial charge in [0.25, 0.3) is 0 Å². The van der Waals surface area contributed by atoms with E-state index < -0.39 is 0 Å². The number of halogens is 2. The second kappa shape index (κ2) is 8.03. The molecule has 0 nitrogen and oxygen atoms in total. The van der Waals surface area contributed by atoms with E-state index in [9.17, 15) is 0 Å². The summed E-state index contributed by atoms with van der Waals surface area (Å²) in [4.78, 5) is 1.39. The summed E-state index contributed by atoms with van der Waals surface area (Å²) in [6.07, 6.45) is 2.41. The van der Waals surface area contributed by atoms with Gasteiger partial charge in [0.1, 0.15) is 0 Å². The molecule has 0 aliphatic carbocycles. The van der Waals surface area contributed by atoms with Crippen LogP contribution in [0.5, 0.6) is 0 Å². The molecule has 2 aromatic carbocycles. The molecule has 0 fully saturated rings. The Kier molecular flexibility index (Phi) is 6.68. The summed E-state index contributed by atoms with van der Waals surface area (Å²) in [7, 11) is 0. The van der Waals surface area contributed by atoms with Crippen molar-refractivity contribution in [1.29, 1.82) is 0 Å². The minimum atomic E-state index is 1.17. The lowest BCUT2D eigenvalue weighted by Gasteiger charge is -2.06. The molecule has 0 spiro atoms. The van der Waals surface area contributed by atoms with E-state index in [-0.39, 0.29) is 0 Å². The highest BCUT2D eigenvalue weighted by atomic mass is 127. The van der Waals surface area contributed by atoms with Crippen LogP contribution in [0.4, 0.5) is 0 Å². The van der Waals surface area contributed by atoms with Crippen LogP contribution in [0.3, 0.4) is 0 Å². The zero-order valence-corrected chi connectivity index (χ0v) is 16.9. The van der Waals surface area contributed by atoms with E-state index in [1.807, 2.05) is 11.8 Å². The average Bonchev–Trinajstić information content (AvgIpc) is 2.42. The van der Waals surface area contributed by atoms with Crippen molar-refractivity contribution in [2.75, 3.05) is 5.75 Å². The number of hydrogen-bond acceptors (Lipinski definition) is 1. The quantitative estimate of drug-likeness (QED) is 0.262. The lowest BCUT2D eigenvalue weighted by Crippen LogP contribution is -1.90. The summed E-state index contributed by atoms with van der Waals surface area (Å²) >= 11 is 6.75. The minimum Gasteiger partial charge on any atom is -0.126 e. The molecular weight excluding hydrogens is 490 g/mol. The number of rotatable bonds is 5. The predicted octanol–water partition coefficient (Wildman–Crippen LogP) is 6.24. The van der Waals surface area contributed by atoms with Crippen LogP contribution in [0.2, 0.25) is 0 Å². The zero-order chi connectivity index (χ0) is 14.5. The topological polar surface area (TPSA) is 0 Å². The lowest BCUT2D eigenvalue weighted by atomic mass is 10.1. The maximum atomic E-state index is 2.39. The first-order valence-corrected chi connectivity index (χ1v) is 9.84. The summed E-state index contributed by atoms with van der Waals surface area (Å²) in [5.74, 6) is 1.19. The molecule has 0 amide bonds. The van der Waals surface area contributed by atoms with E-state index in [0.717, 1.165) is 0 Å². The van der Waals surface area contributed by atoms with Crippen molar-refractivity contribution in [3.8, 4) is 0 Å². The Bertz CT molecular complexity index is 540. The Morgan fingerprint density at radius 2 is 1.55 bits per heavy atom. The number of benzene rings is 2. The Labute approximate surface area is 153 Å². The highest BCUT2D eigenvalue weighted by molar-refractivity contribution is 14.1. The fourth-order valence-corrected chi connectivity index (χ4v) is 3.66. The van der Waals surface area contributed by atoms with Gasteiger partial charge >= 0.3 is 0 Å². The molecule has 0 saturated carbocycles. The predicted molar refractivity (Wildman–Crippen MR) is 107 cm³/mol. The Morgan fingerprint density at radius 1 is 0.900 bits per heavy atom. The molecule has 0 unspecified atom stereocenters. The molecule has 0 aliphatic heterocycles. The molecule has 0 aliphatic rings. The van der Waals surface area contributed by atoms with Crippen LogP contribution in [0.25, 0.3) is 0 Å². The molecule has 20 heavy (non-hydrogen) atoms. The van der Waals surface area contributed by atoms with Crippen molar-refractivity contribution in [2.45, 2.75) is 31.6 Å². The first kappa shape index (κ1) is 16.6. The van der Waals surface area contributed by atoms with Crippen molar-refractivity contribution in [3.05, 3.63) is 60.2 Å². The first-order valence-electron chi connectivity index (χ1n) is 6.70. The summed E-state index contributed by atoms with van der Waals surface area (Å²) in [6, 6.07) is 13.5. The van der Waals surface area contributed by atoms with Crippen LogP contribution >= 0.6 is 56.9 Å². The Balaban J connectivity index is 1.81. The first-order chi connectivity index (χ1) is 9.56. The SMILES string of the molecule is Cc1cc(CCCSc2ccc(I)c(C)c2)ccc1I. The van der Waals surface area contributed by atoms with Crippen molar-refractivity contribution in [3.63, 3.8) is 0 Å². The standard InChI is InChI=1S/C17H18I2S/c1-12-10-14(5-7-16(12)18)4-3-9-20-15-6-8-17(19)13(2)11-15/h5-8,10-11H,3-4,9H2,1-2H3. The normalized spacial score (nSPS) is 10.8. The van der Waals surface area contributed by atoms with Gasteiger partial charge in [0.15, 0.2) is 0 Å². The molecule has 0 atom stereocenters. The second-order valence-corrected chi connectivity index (χ2v) is 8.44. The van der Waals surface area contributed by atoms with Gasteiger partial charge in [0.2, 0.25) is 0 Å². The summed E-state index contributed by atoms with van der Waals surface area (Å²) < 4.78 is 2.71. The van der Waals surface area contributed by atoms with Crippen LogP contribution < -0.4 is 0 Å². The zero-order valence-electron chi connectivity index (χ0n) is 11.7. The molecular formula is C17H18I2S. The number of aryl methyl sites for hydroxylation is 3. The molecule has 0 heterocycles. The minimum absolute atomic E-state index is 1.17. The molecule has 2 rings (SSSR count). The number of thioether (sulfide) groups is 1. The van der Waals surface area contributed by atoms with E-state index >= 15 is 0 Å². The molecule has 0 radical (unpaired) electrons. The maximum Gasteiger partial charge on any atom is 0.0160 e. The summed E-state index contributed by atoms with van der Waals surface area (Å²) in [5, 5.41) is 0. The Hall–Kier alpha value is 0.250. The van der Waals surface area contributed by atoms with Gasteiger partial charge in [-0.3, -0.25) is 0 Å². The van der Waals surface area contributed by atoms with Crippen LogP contribution in [0, 0.1) is 21.0 Å². The third-order valence-electron chi connectivity index (χ3n) is 3.23. The van der Waals surface area contributed by atoms with Crippen LogP contribution in [0.1, 0.15) is 23.1 Å². The fraction of sp³-hybridized carbons (Fsp3) is 0.294. The lowest BCUT2D eigenvalue weighted by molar-refractivity contribution is 0.930. The highest BCUT2D eigenvalue weighted by Crippen LogP contribution is 2.23. The fourth-order valence-electron chi connectivity index (χ4n) is 2.04. The van der Waals surface area contributed by atoms with E-state index in [1.165, 1.54) is 47.3 Å². The maximum absolute atomic E-state index is 2.39. The van der Waals surface area contributed by atoms with Crippen molar-refractivity contribution < 1.29 is 0 Å². The molecule has 106 valence electrons. The van der Waals surface area contributed by atoms with E-state index in [1.54, 1.807) is 0 Å². The van der Waals surface area contributed by atoms with Gasteiger partial charge < -0.3 is 0 Å². The molecule has 0 N–H and O–H groups in total. The molecule has 0 aromatic heterocycles. The summed E-state index contributed by atoms with van der Waals surface area (Å²) in [5.41, 5.74) is 4.23. The molecule has 0 saturated heterocycles. The molecule has 0 bridgehead atoms. The van der Waals surface area contributed by atoms with Crippen LogP contribution in [-0.2, 0) is 6.42 Å². The molecule has 3 heteroatoms. The van der Waals surface area contributed by atoms with Gasteiger partial charge in [-0.25, -0.2) is 0 Å². The van der Waals surface area contributed by atoms with Crippen molar-refractivity contribution in [2.24, 2.45) is 0 Å². The van der Waals surface area contributed by atoms with Crippen LogP contribution in [0.15, 0.2) is 41.3 Å². The van der Waals surface area contributed by atoms with Gasteiger partial charge in [-0.15, -0.1) is 11.8 Å². The van der Waals surface area contributed by atoms with Gasteiger partial charge in [-0.2, -0.15) is 0 Å². The van der Waals surface area contributed by atoms with Gasteiger partial charge in [-0.1, -0.05) is 12.1 Å². The second-order valence-electron chi connectivity index (χ2n) is 4.95. The smallest absolute Gasteiger partial charge is 0.0160 e. The third kappa shape index (κ3) is 4.91. The van der Waals surface area contributed by atoms with Gasteiger partial charge in [-0.05, 0) is 119 Å². The van der Waals surface area contributed by atoms with Gasteiger partial charge in [0, 0.05) is 12.0 Å². The Morgan fingerprint density at radius 3 is 2.20 bits per heavy atom. The summed E-state index contributed by atoms with van der Waals surface area (Å²) in [6.45, 7) is 4.37. The monoisotopic (exact) mass is 508 g/mol. The average molecular weight is 508 g/mol. The molecule has 2 aromatic rings. The van der Waals surface area contributed by atoms with E-state index in [4.69, 9.17) is 0 Å². The highest BCUT2D eigenvalue weighted by Gasteiger charge is 2.00. The number of hydrogen-bond donors (Lipinski definition) is 0. The van der Waals surface area contributed by atoms with Crippen molar-refractivity contribution >= 4 is 56.9 Å². The van der Waals surface area contributed by atoms with Crippen molar-refractivity contribution in [1.82, 2.24) is 0 Å². The van der Waals surface area contributed by atoms with Crippen LogP contribution in [-0.4, -0.2) is 5.75 Å². The third-order valence-corrected chi connectivity index (χ3v) is 6.73. The largest absolute Gasteiger partial charge is 0.126 e.